The molecule has 3 heterocycles. The fourth-order valence-corrected chi connectivity index (χ4v) is 4.32. The van der Waals surface area contributed by atoms with E-state index in [1.807, 2.05) is 6.07 Å². The molecule has 184 valence electrons. The molecule has 0 fully saturated rings. The van der Waals surface area contributed by atoms with Crippen molar-refractivity contribution < 1.29 is 13.6 Å². The largest absolute Gasteiger partial charge is 0.491 e. The molecule has 0 aliphatic heterocycles. The fourth-order valence-electron chi connectivity index (χ4n) is 3.29. The van der Waals surface area contributed by atoms with Crippen molar-refractivity contribution in [2.75, 3.05) is 13.2 Å². The van der Waals surface area contributed by atoms with Gasteiger partial charge in [0.1, 0.15) is 18.2 Å². The van der Waals surface area contributed by atoms with Gasteiger partial charge in [-0.25, -0.2) is 19.0 Å². The highest BCUT2D eigenvalue weighted by Crippen LogP contribution is 2.36. The third kappa shape index (κ3) is 5.83. The maximum Gasteiger partial charge on any atom is 0.258 e. The number of H-pyrrole nitrogens is 1. The number of fused-ring (bicyclic) bond motifs is 1. The SMILES string of the molecule is CC(C)(C)[Si](C)(C)OCCOc1ccc2c(=O)[nH]c(Cc3ccc(-n4cc(F)cn4)nc3)nc2c1. The first-order valence-corrected chi connectivity index (χ1v) is 14.4. The standard InChI is InChI=1S/C25H30FN5O3Si/c1-25(2,3)35(4,5)34-11-10-33-19-7-8-20-21(13-19)29-22(30-24(20)32)12-17-6-9-23(27-14-17)31-16-18(26)15-28-31/h6-9,13-16H,10-12H2,1-5H3,(H,29,30,32). The van der Waals surface area contributed by atoms with Crippen molar-refractivity contribution in [3.8, 4) is 11.6 Å². The van der Waals surface area contributed by atoms with Crippen LogP contribution in [0.25, 0.3) is 16.7 Å². The fraction of sp³-hybridized carbons (Fsp3) is 0.360. The molecular weight excluding hydrogens is 465 g/mol. The van der Waals surface area contributed by atoms with Gasteiger partial charge in [0.2, 0.25) is 0 Å². The Labute approximate surface area is 204 Å². The number of hydrogen-bond donors (Lipinski definition) is 1. The monoisotopic (exact) mass is 495 g/mol. The molecule has 0 bridgehead atoms. The lowest BCUT2D eigenvalue weighted by molar-refractivity contribution is 0.203. The average molecular weight is 496 g/mol. The maximum atomic E-state index is 13.2. The van der Waals surface area contributed by atoms with Crippen molar-refractivity contribution >= 4 is 19.2 Å². The molecule has 0 radical (unpaired) electrons. The van der Waals surface area contributed by atoms with E-state index < -0.39 is 14.1 Å². The van der Waals surface area contributed by atoms with Gasteiger partial charge in [0.25, 0.3) is 5.56 Å². The molecule has 4 rings (SSSR count). The number of pyridine rings is 1. The summed E-state index contributed by atoms with van der Waals surface area (Å²) >= 11 is 0. The second-order valence-electron chi connectivity index (χ2n) is 9.95. The molecule has 0 aliphatic rings. The summed E-state index contributed by atoms with van der Waals surface area (Å²) in [7, 11) is -1.83. The van der Waals surface area contributed by atoms with E-state index in [1.54, 1.807) is 30.5 Å². The second kappa shape index (κ2) is 9.71. The topological polar surface area (TPSA) is 94.9 Å². The molecule has 8 nitrogen and oxygen atoms in total. The number of benzene rings is 1. The quantitative estimate of drug-likeness (QED) is 0.283. The van der Waals surface area contributed by atoms with Crippen molar-refractivity contribution in [1.82, 2.24) is 24.7 Å². The molecule has 10 heteroatoms. The van der Waals surface area contributed by atoms with Crippen LogP contribution in [0.3, 0.4) is 0 Å². The van der Waals surface area contributed by atoms with Crippen LogP contribution in [-0.2, 0) is 10.8 Å². The van der Waals surface area contributed by atoms with E-state index in [0.29, 0.717) is 47.9 Å². The van der Waals surface area contributed by atoms with Gasteiger partial charge in [-0.2, -0.15) is 5.10 Å². The summed E-state index contributed by atoms with van der Waals surface area (Å²) in [5, 5.41) is 4.54. The number of nitrogens with one attached hydrogen (secondary N) is 1. The highest BCUT2D eigenvalue weighted by Gasteiger charge is 2.36. The van der Waals surface area contributed by atoms with Crippen LogP contribution < -0.4 is 10.3 Å². The minimum atomic E-state index is -1.83. The summed E-state index contributed by atoms with van der Waals surface area (Å²) in [6, 6.07) is 8.83. The highest BCUT2D eigenvalue weighted by atomic mass is 28.4. The molecule has 0 atom stereocenters. The van der Waals surface area contributed by atoms with Gasteiger partial charge in [0.05, 0.1) is 29.9 Å². The van der Waals surface area contributed by atoms with Crippen molar-refractivity contribution in [2.24, 2.45) is 0 Å². The molecule has 3 aromatic heterocycles. The molecule has 4 aromatic rings. The Hall–Kier alpha value is -3.37. The molecule has 0 saturated heterocycles. The zero-order chi connectivity index (χ0) is 25.2. The van der Waals surface area contributed by atoms with E-state index in [9.17, 15) is 9.18 Å². The smallest absolute Gasteiger partial charge is 0.258 e. The molecule has 1 N–H and O–H groups in total. The molecule has 35 heavy (non-hydrogen) atoms. The van der Waals surface area contributed by atoms with Gasteiger partial charge in [-0.15, -0.1) is 0 Å². The van der Waals surface area contributed by atoms with Crippen molar-refractivity contribution in [2.45, 2.75) is 45.3 Å². The van der Waals surface area contributed by atoms with E-state index in [2.05, 4.69) is 53.9 Å². The lowest BCUT2D eigenvalue weighted by Crippen LogP contribution is -2.41. The number of hydrogen-bond acceptors (Lipinski definition) is 6. The summed E-state index contributed by atoms with van der Waals surface area (Å²) in [5.41, 5.74) is 1.19. The Balaban J connectivity index is 1.44. The van der Waals surface area contributed by atoms with Gasteiger partial charge in [0, 0.05) is 18.7 Å². The third-order valence-corrected chi connectivity index (χ3v) is 10.9. The zero-order valence-corrected chi connectivity index (χ0v) is 21.6. The summed E-state index contributed by atoms with van der Waals surface area (Å²) in [6.07, 6.45) is 4.42. The van der Waals surface area contributed by atoms with Crippen molar-refractivity contribution in [1.29, 1.82) is 0 Å². The Kier molecular flexibility index (Phi) is 6.86. The van der Waals surface area contributed by atoms with Crippen LogP contribution in [-0.4, -0.2) is 46.3 Å². The molecule has 0 spiro atoms. The van der Waals surface area contributed by atoms with Crippen LogP contribution in [0.15, 0.2) is 53.7 Å². The van der Waals surface area contributed by atoms with Crippen LogP contribution in [0.5, 0.6) is 5.75 Å². The van der Waals surface area contributed by atoms with E-state index in [-0.39, 0.29) is 10.6 Å². The van der Waals surface area contributed by atoms with E-state index in [1.165, 1.54) is 10.9 Å². The van der Waals surface area contributed by atoms with Gasteiger partial charge in [-0.05, 0) is 41.9 Å². The Morgan fingerprint density at radius 1 is 1.11 bits per heavy atom. The number of rotatable bonds is 8. The van der Waals surface area contributed by atoms with Gasteiger partial charge < -0.3 is 14.1 Å². The second-order valence-corrected chi connectivity index (χ2v) is 14.8. The van der Waals surface area contributed by atoms with Gasteiger partial charge in [-0.1, -0.05) is 26.8 Å². The minimum Gasteiger partial charge on any atom is -0.491 e. The normalized spacial score (nSPS) is 12.3. The van der Waals surface area contributed by atoms with E-state index in [0.717, 1.165) is 11.8 Å². The summed E-state index contributed by atoms with van der Waals surface area (Å²) in [5.74, 6) is 1.22. The molecule has 0 unspecified atom stereocenters. The van der Waals surface area contributed by atoms with Crippen LogP contribution in [0.1, 0.15) is 32.2 Å². The third-order valence-electron chi connectivity index (χ3n) is 6.31. The maximum absolute atomic E-state index is 13.2. The first-order valence-electron chi connectivity index (χ1n) is 11.5. The Morgan fingerprint density at radius 2 is 1.91 bits per heavy atom. The highest BCUT2D eigenvalue weighted by molar-refractivity contribution is 6.74. The zero-order valence-electron chi connectivity index (χ0n) is 20.6. The summed E-state index contributed by atoms with van der Waals surface area (Å²) in [6.45, 7) is 12.0. The van der Waals surface area contributed by atoms with Crippen LogP contribution in [0.2, 0.25) is 18.1 Å². The summed E-state index contributed by atoms with van der Waals surface area (Å²) < 4.78 is 26.6. The van der Waals surface area contributed by atoms with Crippen molar-refractivity contribution in [3.63, 3.8) is 0 Å². The predicted octanol–water partition coefficient (Wildman–Crippen LogP) is 4.63. The van der Waals surface area contributed by atoms with Crippen LogP contribution >= 0.6 is 0 Å². The van der Waals surface area contributed by atoms with E-state index in [4.69, 9.17) is 9.16 Å². The lowest BCUT2D eigenvalue weighted by Gasteiger charge is -2.36. The first kappa shape index (κ1) is 24.7. The van der Waals surface area contributed by atoms with E-state index >= 15 is 0 Å². The Bertz CT molecular complexity index is 1380. The van der Waals surface area contributed by atoms with Gasteiger partial charge >= 0.3 is 0 Å². The number of ether oxygens (including phenoxy) is 1. The van der Waals surface area contributed by atoms with Crippen molar-refractivity contribution in [3.05, 3.63) is 76.5 Å². The Morgan fingerprint density at radius 3 is 2.57 bits per heavy atom. The van der Waals surface area contributed by atoms with Crippen LogP contribution in [0.4, 0.5) is 4.39 Å². The summed E-state index contributed by atoms with van der Waals surface area (Å²) in [4.78, 5) is 24.4. The molecule has 0 saturated carbocycles. The van der Waals surface area contributed by atoms with Gasteiger partial charge in [-0.3, -0.25) is 4.79 Å². The number of halogens is 1. The molecular formula is C25H30FN5O3Si. The predicted molar refractivity (Wildman–Crippen MR) is 135 cm³/mol. The first-order chi connectivity index (χ1) is 16.5. The number of nitrogens with zero attached hydrogens (tertiary/aromatic N) is 4. The number of aromatic nitrogens is 5. The van der Waals surface area contributed by atoms with Crippen LogP contribution in [0, 0.1) is 5.82 Å². The minimum absolute atomic E-state index is 0.143. The molecule has 0 aliphatic carbocycles. The van der Waals surface area contributed by atoms with Gasteiger partial charge in [0.15, 0.2) is 20.0 Å². The number of aromatic amines is 1. The average Bonchev–Trinajstić information content (AvgIpc) is 3.22. The lowest BCUT2D eigenvalue weighted by atomic mass is 10.2. The molecule has 0 amide bonds. The molecule has 1 aromatic carbocycles.